The van der Waals surface area contributed by atoms with Gasteiger partial charge in [0.25, 0.3) is 0 Å². The zero-order valence-corrected chi connectivity index (χ0v) is 12.7. The second-order valence-corrected chi connectivity index (χ2v) is 4.79. The Kier molecular flexibility index (Phi) is 5.37. The SMILES string of the molecule is CCN(CC)c1ncnc(NCCc2ccccc2)c1N. The van der Waals surface area contributed by atoms with E-state index in [-0.39, 0.29) is 0 Å². The van der Waals surface area contributed by atoms with E-state index in [1.807, 2.05) is 18.2 Å². The van der Waals surface area contributed by atoms with E-state index in [1.165, 1.54) is 5.56 Å². The maximum atomic E-state index is 6.19. The van der Waals surface area contributed by atoms with Gasteiger partial charge < -0.3 is 16.0 Å². The molecule has 0 amide bonds. The van der Waals surface area contributed by atoms with Crippen LogP contribution in [0.3, 0.4) is 0 Å². The Morgan fingerprint density at radius 2 is 1.81 bits per heavy atom. The molecule has 0 bridgehead atoms. The van der Waals surface area contributed by atoms with Crippen molar-refractivity contribution in [3.63, 3.8) is 0 Å². The smallest absolute Gasteiger partial charge is 0.157 e. The first-order chi connectivity index (χ1) is 10.3. The van der Waals surface area contributed by atoms with E-state index < -0.39 is 0 Å². The quantitative estimate of drug-likeness (QED) is 0.818. The minimum absolute atomic E-state index is 0.620. The van der Waals surface area contributed by atoms with Crippen LogP contribution in [-0.2, 0) is 6.42 Å². The van der Waals surface area contributed by atoms with E-state index in [4.69, 9.17) is 5.73 Å². The van der Waals surface area contributed by atoms with Crippen LogP contribution in [0.15, 0.2) is 36.7 Å². The molecule has 0 saturated heterocycles. The Morgan fingerprint density at radius 3 is 2.48 bits per heavy atom. The lowest BCUT2D eigenvalue weighted by atomic mass is 10.1. The zero-order chi connectivity index (χ0) is 15.1. The molecule has 0 atom stereocenters. The van der Waals surface area contributed by atoms with Crippen molar-refractivity contribution in [3.05, 3.63) is 42.2 Å². The third kappa shape index (κ3) is 3.84. The van der Waals surface area contributed by atoms with Crippen LogP contribution in [0.5, 0.6) is 0 Å². The van der Waals surface area contributed by atoms with E-state index in [2.05, 4.69) is 46.2 Å². The summed E-state index contributed by atoms with van der Waals surface area (Å²) < 4.78 is 0. The van der Waals surface area contributed by atoms with E-state index in [0.717, 1.165) is 31.9 Å². The monoisotopic (exact) mass is 285 g/mol. The van der Waals surface area contributed by atoms with Crippen LogP contribution in [0.4, 0.5) is 17.3 Å². The molecule has 0 saturated carbocycles. The molecular formula is C16H23N5. The van der Waals surface area contributed by atoms with Crippen LogP contribution in [0.1, 0.15) is 19.4 Å². The molecule has 2 rings (SSSR count). The summed E-state index contributed by atoms with van der Waals surface area (Å²) in [5, 5.41) is 3.30. The molecule has 1 aromatic carbocycles. The van der Waals surface area contributed by atoms with Crippen molar-refractivity contribution in [1.29, 1.82) is 0 Å². The molecule has 0 fully saturated rings. The van der Waals surface area contributed by atoms with Crippen molar-refractivity contribution in [2.24, 2.45) is 0 Å². The van der Waals surface area contributed by atoms with Gasteiger partial charge in [0, 0.05) is 19.6 Å². The van der Waals surface area contributed by atoms with Gasteiger partial charge in [0.05, 0.1) is 0 Å². The van der Waals surface area contributed by atoms with Crippen LogP contribution in [0.2, 0.25) is 0 Å². The van der Waals surface area contributed by atoms with E-state index in [1.54, 1.807) is 6.33 Å². The van der Waals surface area contributed by atoms with Crippen molar-refractivity contribution in [2.75, 3.05) is 35.6 Å². The molecule has 2 aromatic rings. The first kappa shape index (κ1) is 15.1. The third-order valence-electron chi connectivity index (χ3n) is 3.47. The number of anilines is 3. The fraction of sp³-hybridized carbons (Fsp3) is 0.375. The number of nitrogen functional groups attached to an aromatic ring is 1. The third-order valence-corrected chi connectivity index (χ3v) is 3.47. The van der Waals surface area contributed by atoms with Crippen LogP contribution >= 0.6 is 0 Å². The average molecular weight is 285 g/mol. The van der Waals surface area contributed by atoms with Gasteiger partial charge in [0.2, 0.25) is 0 Å². The van der Waals surface area contributed by atoms with E-state index in [9.17, 15) is 0 Å². The average Bonchev–Trinajstić information content (AvgIpc) is 2.52. The Bertz CT molecular complexity index is 552. The Labute approximate surface area is 126 Å². The molecule has 1 aromatic heterocycles. The molecule has 112 valence electrons. The second-order valence-electron chi connectivity index (χ2n) is 4.79. The molecule has 0 spiro atoms. The highest BCUT2D eigenvalue weighted by Crippen LogP contribution is 2.25. The van der Waals surface area contributed by atoms with Gasteiger partial charge in [-0.25, -0.2) is 9.97 Å². The zero-order valence-electron chi connectivity index (χ0n) is 12.7. The summed E-state index contributed by atoms with van der Waals surface area (Å²) in [4.78, 5) is 10.7. The van der Waals surface area contributed by atoms with Crippen LogP contribution in [0.25, 0.3) is 0 Å². The fourth-order valence-electron chi connectivity index (χ4n) is 2.27. The van der Waals surface area contributed by atoms with Crippen LogP contribution < -0.4 is 16.0 Å². The summed E-state index contributed by atoms with van der Waals surface area (Å²) in [6.45, 7) is 6.73. The van der Waals surface area contributed by atoms with Crippen molar-refractivity contribution in [3.8, 4) is 0 Å². The van der Waals surface area contributed by atoms with E-state index in [0.29, 0.717) is 11.5 Å². The standard InChI is InChI=1S/C16H23N5/c1-3-21(4-2)16-14(17)15(19-12-20-16)18-11-10-13-8-6-5-7-9-13/h5-9,12H,3-4,10-11,17H2,1-2H3,(H,18,19,20). The summed E-state index contributed by atoms with van der Waals surface area (Å²) in [5.74, 6) is 1.51. The Balaban J connectivity index is 2.02. The van der Waals surface area contributed by atoms with Gasteiger partial charge >= 0.3 is 0 Å². The second kappa shape index (κ2) is 7.47. The van der Waals surface area contributed by atoms with E-state index >= 15 is 0 Å². The van der Waals surface area contributed by atoms with Gasteiger partial charge in [-0.15, -0.1) is 0 Å². The predicted octanol–water partition coefficient (Wildman–Crippen LogP) is 2.56. The topological polar surface area (TPSA) is 67.1 Å². The molecule has 0 unspecified atom stereocenters. The fourth-order valence-corrected chi connectivity index (χ4v) is 2.27. The minimum Gasteiger partial charge on any atom is -0.393 e. The molecule has 0 radical (unpaired) electrons. The predicted molar refractivity (Wildman–Crippen MR) is 88.6 cm³/mol. The summed E-state index contributed by atoms with van der Waals surface area (Å²) in [7, 11) is 0. The summed E-state index contributed by atoms with van der Waals surface area (Å²) in [5.41, 5.74) is 8.10. The lowest BCUT2D eigenvalue weighted by Crippen LogP contribution is -2.25. The number of nitrogens with two attached hydrogens (primary N) is 1. The number of rotatable bonds is 7. The lowest BCUT2D eigenvalue weighted by molar-refractivity contribution is 0.843. The highest BCUT2D eigenvalue weighted by atomic mass is 15.2. The Morgan fingerprint density at radius 1 is 1.10 bits per heavy atom. The number of aromatic nitrogens is 2. The highest BCUT2D eigenvalue weighted by Gasteiger charge is 2.12. The van der Waals surface area contributed by atoms with Crippen LogP contribution in [0, 0.1) is 0 Å². The normalized spacial score (nSPS) is 10.4. The molecule has 5 nitrogen and oxygen atoms in total. The van der Waals surface area contributed by atoms with Crippen molar-refractivity contribution in [2.45, 2.75) is 20.3 Å². The maximum Gasteiger partial charge on any atom is 0.157 e. The molecule has 1 heterocycles. The van der Waals surface area contributed by atoms with Gasteiger partial charge in [-0.05, 0) is 25.8 Å². The van der Waals surface area contributed by atoms with Crippen LogP contribution in [-0.4, -0.2) is 29.6 Å². The molecule has 0 aliphatic heterocycles. The van der Waals surface area contributed by atoms with Crippen molar-refractivity contribution in [1.82, 2.24) is 9.97 Å². The van der Waals surface area contributed by atoms with Gasteiger partial charge in [0.15, 0.2) is 11.6 Å². The number of hydrogen-bond acceptors (Lipinski definition) is 5. The largest absolute Gasteiger partial charge is 0.393 e. The molecule has 3 N–H and O–H groups in total. The van der Waals surface area contributed by atoms with Crippen molar-refractivity contribution < 1.29 is 0 Å². The number of nitrogens with zero attached hydrogens (tertiary/aromatic N) is 3. The minimum atomic E-state index is 0.620. The van der Waals surface area contributed by atoms with Gasteiger partial charge in [-0.1, -0.05) is 30.3 Å². The highest BCUT2D eigenvalue weighted by molar-refractivity contribution is 5.74. The van der Waals surface area contributed by atoms with Gasteiger partial charge in [-0.3, -0.25) is 0 Å². The molecular weight excluding hydrogens is 262 g/mol. The maximum absolute atomic E-state index is 6.19. The Hall–Kier alpha value is -2.30. The molecule has 21 heavy (non-hydrogen) atoms. The molecule has 5 heteroatoms. The number of nitrogens with one attached hydrogen (secondary N) is 1. The summed E-state index contributed by atoms with van der Waals surface area (Å²) in [6, 6.07) is 10.4. The molecule has 0 aliphatic carbocycles. The summed E-state index contributed by atoms with van der Waals surface area (Å²) in [6.07, 6.45) is 2.50. The lowest BCUT2D eigenvalue weighted by Gasteiger charge is -2.22. The molecule has 0 aliphatic rings. The number of benzene rings is 1. The first-order valence-corrected chi connectivity index (χ1v) is 7.39. The van der Waals surface area contributed by atoms with Gasteiger partial charge in [0.1, 0.15) is 12.0 Å². The van der Waals surface area contributed by atoms with Gasteiger partial charge in [-0.2, -0.15) is 0 Å². The summed E-state index contributed by atoms with van der Waals surface area (Å²) >= 11 is 0. The number of hydrogen-bond donors (Lipinski definition) is 2. The first-order valence-electron chi connectivity index (χ1n) is 7.39. The van der Waals surface area contributed by atoms with Crippen molar-refractivity contribution >= 4 is 17.3 Å².